The highest BCUT2D eigenvalue weighted by Gasteiger charge is 2.19. The average Bonchev–Trinajstić information content (AvgIpc) is 3.08. The Bertz CT molecular complexity index is 851. The quantitative estimate of drug-likeness (QED) is 0.653. The summed E-state index contributed by atoms with van der Waals surface area (Å²) in [7, 11) is 0. The molecule has 0 aliphatic rings. The lowest BCUT2D eigenvalue weighted by molar-refractivity contribution is -0.148. The second-order valence-corrected chi connectivity index (χ2v) is 6.11. The molecule has 0 fully saturated rings. The number of carbonyl (C=O) groups is 1. The van der Waals surface area contributed by atoms with Gasteiger partial charge in [-0.05, 0) is 38.5 Å². The van der Waals surface area contributed by atoms with Crippen molar-refractivity contribution >= 4 is 5.97 Å². The zero-order valence-corrected chi connectivity index (χ0v) is 14.5. The molecule has 0 unspecified atom stereocenters. The number of benzene rings is 2. The third-order valence-corrected chi connectivity index (χ3v) is 3.86. The summed E-state index contributed by atoms with van der Waals surface area (Å²) in [6, 6.07) is 15.6. The van der Waals surface area contributed by atoms with E-state index in [0.717, 1.165) is 22.3 Å². The minimum atomic E-state index is -0.593. The number of carbonyl (C=O) groups excluding carboxylic acids is 1. The monoisotopic (exact) mass is 336 g/mol. The highest BCUT2D eigenvalue weighted by Crippen LogP contribution is 2.23. The Kier molecular flexibility index (Phi) is 4.93. The molecule has 5 nitrogen and oxygen atoms in total. The van der Waals surface area contributed by atoms with Crippen molar-refractivity contribution in [2.45, 2.75) is 33.3 Å². The van der Waals surface area contributed by atoms with Crippen LogP contribution in [0.25, 0.3) is 11.5 Å². The van der Waals surface area contributed by atoms with Gasteiger partial charge in [0.05, 0.1) is 6.42 Å². The molecule has 0 amide bonds. The summed E-state index contributed by atoms with van der Waals surface area (Å²) in [5.41, 5.74) is 4.05. The lowest BCUT2D eigenvalue weighted by Gasteiger charge is -2.09. The van der Waals surface area contributed by atoms with Gasteiger partial charge in [0.15, 0.2) is 6.10 Å². The lowest BCUT2D eigenvalue weighted by atomic mass is 10.1. The van der Waals surface area contributed by atoms with E-state index in [4.69, 9.17) is 9.15 Å². The molecule has 0 aliphatic carbocycles. The van der Waals surface area contributed by atoms with Gasteiger partial charge in [0.2, 0.25) is 5.89 Å². The summed E-state index contributed by atoms with van der Waals surface area (Å²) in [6.45, 7) is 5.74. The van der Waals surface area contributed by atoms with E-state index in [1.165, 1.54) is 0 Å². The number of hydrogen-bond acceptors (Lipinski definition) is 5. The minimum absolute atomic E-state index is 0.212. The van der Waals surface area contributed by atoms with E-state index in [2.05, 4.69) is 10.2 Å². The first kappa shape index (κ1) is 16.9. The predicted octanol–water partition coefficient (Wildman–Crippen LogP) is 4.20. The topological polar surface area (TPSA) is 65.2 Å². The van der Waals surface area contributed by atoms with Crippen molar-refractivity contribution in [3.05, 3.63) is 71.1 Å². The number of ether oxygens (including phenoxy) is 1. The van der Waals surface area contributed by atoms with Gasteiger partial charge in [-0.15, -0.1) is 10.2 Å². The molecule has 0 aliphatic heterocycles. The van der Waals surface area contributed by atoms with E-state index < -0.39 is 6.10 Å². The molecule has 0 bridgehead atoms. The second-order valence-electron chi connectivity index (χ2n) is 6.11. The van der Waals surface area contributed by atoms with Crippen LogP contribution in [0.3, 0.4) is 0 Å². The van der Waals surface area contributed by atoms with Crippen molar-refractivity contribution in [2.24, 2.45) is 0 Å². The molecule has 3 aromatic rings. The fraction of sp³-hybridized carbons (Fsp3) is 0.250. The highest BCUT2D eigenvalue weighted by molar-refractivity contribution is 5.72. The van der Waals surface area contributed by atoms with Gasteiger partial charge in [-0.2, -0.15) is 0 Å². The molecule has 1 aromatic heterocycles. The molecule has 0 radical (unpaired) electrons. The van der Waals surface area contributed by atoms with Crippen molar-refractivity contribution in [3.63, 3.8) is 0 Å². The van der Waals surface area contributed by atoms with E-state index >= 15 is 0 Å². The number of rotatable bonds is 5. The van der Waals surface area contributed by atoms with E-state index in [9.17, 15) is 4.79 Å². The van der Waals surface area contributed by atoms with Crippen molar-refractivity contribution in [2.75, 3.05) is 0 Å². The second kappa shape index (κ2) is 7.30. The van der Waals surface area contributed by atoms with Gasteiger partial charge in [-0.3, -0.25) is 4.79 Å². The average molecular weight is 336 g/mol. The summed E-state index contributed by atoms with van der Waals surface area (Å²) in [4.78, 5) is 12.1. The van der Waals surface area contributed by atoms with Gasteiger partial charge in [0.1, 0.15) is 0 Å². The Morgan fingerprint density at radius 2 is 1.60 bits per heavy atom. The van der Waals surface area contributed by atoms with E-state index in [-0.39, 0.29) is 18.3 Å². The summed E-state index contributed by atoms with van der Waals surface area (Å²) >= 11 is 0. The largest absolute Gasteiger partial charge is 0.452 e. The van der Waals surface area contributed by atoms with Crippen LogP contribution in [0.4, 0.5) is 0 Å². The molecular formula is C20H20N2O3. The van der Waals surface area contributed by atoms with Gasteiger partial charge < -0.3 is 9.15 Å². The number of aromatic nitrogens is 2. The zero-order chi connectivity index (χ0) is 17.8. The van der Waals surface area contributed by atoms with Gasteiger partial charge in [0.25, 0.3) is 5.89 Å². The Balaban J connectivity index is 1.63. The Hall–Kier alpha value is -2.95. The number of aryl methyl sites for hydroxylation is 2. The standard InChI is InChI=1S/C20H20N2O3/c1-13-4-8-16(9-5-13)12-18(23)24-15(3)19-21-22-20(25-19)17-10-6-14(2)7-11-17/h4-11,15H,12H2,1-3H3/t15-/m0/s1. The first-order chi connectivity index (χ1) is 12.0. The predicted molar refractivity (Wildman–Crippen MR) is 93.9 cm³/mol. The molecular weight excluding hydrogens is 316 g/mol. The van der Waals surface area contributed by atoms with Crippen LogP contribution in [0.5, 0.6) is 0 Å². The van der Waals surface area contributed by atoms with Crippen LogP contribution in [0.2, 0.25) is 0 Å². The molecule has 0 N–H and O–H groups in total. The normalized spacial score (nSPS) is 12.0. The van der Waals surface area contributed by atoms with Gasteiger partial charge in [-0.25, -0.2) is 0 Å². The van der Waals surface area contributed by atoms with E-state index in [0.29, 0.717) is 5.89 Å². The van der Waals surface area contributed by atoms with Crippen LogP contribution in [0.15, 0.2) is 52.9 Å². The van der Waals surface area contributed by atoms with Gasteiger partial charge in [-0.1, -0.05) is 47.5 Å². The SMILES string of the molecule is Cc1ccc(CC(=O)O[C@@H](C)c2nnc(-c3ccc(C)cc3)o2)cc1. The molecule has 5 heteroatoms. The molecule has 128 valence electrons. The molecule has 0 spiro atoms. The van der Waals surface area contributed by atoms with Crippen molar-refractivity contribution < 1.29 is 13.9 Å². The molecule has 0 saturated heterocycles. The zero-order valence-electron chi connectivity index (χ0n) is 14.5. The Labute approximate surface area is 146 Å². The number of nitrogens with zero attached hydrogens (tertiary/aromatic N) is 2. The summed E-state index contributed by atoms with van der Waals surface area (Å²) in [5.74, 6) is 0.371. The van der Waals surface area contributed by atoms with Crippen molar-refractivity contribution in [3.8, 4) is 11.5 Å². The lowest BCUT2D eigenvalue weighted by Crippen LogP contribution is -2.11. The molecule has 1 heterocycles. The molecule has 3 rings (SSSR count). The maximum absolute atomic E-state index is 12.1. The van der Waals surface area contributed by atoms with Crippen LogP contribution in [-0.2, 0) is 16.0 Å². The van der Waals surface area contributed by atoms with Crippen LogP contribution in [-0.4, -0.2) is 16.2 Å². The summed E-state index contributed by atoms with van der Waals surface area (Å²) < 4.78 is 11.0. The minimum Gasteiger partial charge on any atom is -0.452 e. The van der Waals surface area contributed by atoms with E-state index in [1.807, 2.05) is 62.4 Å². The van der Waals surface area contributed by atoms with E-state index in [1.54, 1.807) is 6.92 Å². The van der Waals surface area contributed by atoms with Gasteiger partial charge >= 0.3 is 5.97 Å². The molecule has 0 saturated carbocycles. The third kappa shape index (κ3) is 4.32. The highest BCUT2D eigenvalue weighted by atomic mass is 16.6. The maximum atomic E-state index is 12.1. The van der Waals surface area contributed by atoms with Crippen LogP contribution in [0.1, 0.15) is 35.6 Å². The van der Waals surface area contributed by atoms with Crippen molar-refractivity contribution in [1.82, 2.24) is 10.2 Å². The fourth-order valence-corrected chi connectivity index (χ4v) is 2.37. The number of esters is 1. The van der Waals surface area contributed by atoms with Gasteiger partial charge in [0, 0.05) is 5.56 Å². The molecule has 1 atom stereocenters. The molecule has 2 aromatic carbocycles. The van der Waals surface area contributed by atoms with Crippen LogP contribution >= 0.6 is 0 Å². The third-order valence-electron chi connectivity index (χ3n) is 3.86. The first-order valence-corrected chi connectivity index (χ1v) is 8.17. The molecule has 25 heavy (non-hydrogen) atoms. The summed E-state index contributed by atoms with van der Waals surface area (Å²) in [6.07, 6.45) is -0.381. The maximum Gasteiger partial charge on any atom is 0.311 e. The fourth-order valence-electron chi connectivity index (χ4n) is 2.37. The van der Waals surface area contributed by atoms with Crippen LogP contribution in [0, 0.1) is 13.8 Å². The Morgan fingerprint density at radius 1 is 1.00 bits per heavy atom. The smallest absolute Gasteiger partial charge is 0.311 e. The number of hydrogen-bond donors (Lipinski definition) is 0. The van der Waals surface area contributed by atoms with Crippen molar-refractivity contribution in [1.29, 1.82) is 0 Å². The first-order valence-electron chi connectivity index (χ1n) is 8.17. The summed E-state index contributed by atoms with van der Waals surface area (Å²) in [5, 5.41) is 8.02. The Morgan fingerprint density at radius 3 is 2.24 bits per heavy atom. The van der Waals surface area contributed by atoms with Crippen LogP contribution < -0.4 is 0 Å².